The summed E-state index contributed by atoms with van der Waals surface area (Å²) in [7, 11) is 0. The van der Waals surface area contributed by atoms with Crippen molar-refractivity contribution < 1.29 is 9.18 Å². The van der Waals surface area contributed by atoms with Gasteiger partial charge in [-0.05, 0) is 48.0 Å². The Hall–Kier alpha value is -2.65. The third-order valence-corrected chi connectivity index (χ3v) is 3.74. The van der Waals surface area contributed by atoms with Gasteiger partial charge in [0.25, 0.3) is 5.91 Å². The molecule has 0 unspecified atom stereocenters. The fourth-order valence-electron chi connectivity index (χ4n) is 2.26. The smallest absolute Gasteiger partial charge is 0.255 e. The molecule has 1 amide bonds. The number of carbonyl (C=O) groups excluding carboxylic acids is 1. The summed E-state index contributed by atoms with van der Waals surface area (Å²) in [6, 6.07) is 20.3. The first-order chi connectivity index (χ1) is 11.1. The molecule has 1 N–H and O–H groups in total. The van der Waals surface area contributed by atoms with E-state index in [0.29, 0.717) is 16.3 Å². The molecule has 0 radical (unpaired) electrons. The SMILES string of the molecule is O=C(Nc1ccc(F)cc1)c1cccc(-c2ccccc2Cl)c1. The van der Waals surface area contributed by atoms with Crippen molar-refractivity contribution >= 4 is 23.2 Å². The molecule has 0 aromatic heterocycles. The number of halogens is 2. The van der Waals surface area contributed by atoms with Crippen LogP contribution < -0.4 is 5.32 Å². The standard InChI is InChI=1S/C19H13ClFNO/c20-18-7-2-1-6-17(18)13-4-3-5-14(12-13)19(23)22-16-10-8-15(21)9-11-16/h1-12H,(H,22,23). The number of hydrogen-bond donors (Lipinski definition) is 1. The Morgan fingerprint density at radius 1 is 0.913 bits per heavy atom. The van der Waals surface area contributed by atoms with Crippen LogP contribution in [0, 0.1) is 5.82 Å². The maximum atomic E-state index is 12.9. The van der Waals surface area contributed by atoms with Gasteiger partial charge in [0.1, 0.15) is 5.82 Å². The van der Waals surface area contributed by atoms with E-state index < -0.39 is 0 Å². The zero-order valence-electron chi connectivity index (χ0n) is 12.1. The Morgan fingerprint density at radius 2 is 1.65 bits per heavy atom. The molecule has 0 aliphatic rings. The third-order valence-electron chi connectivity index (χ3n) is 3.41. The summed E-state index contributed by atoms with van der Waals surface area (Å²) < 4.78 is 12.9. The Kier molecular flexibility index (Phi) is 4.40. The van der Waals surface area contributed by atoms with Gasteiger partial charge in [0.05, 0.1) is 0 Å². The molecule has 0 atom stereocenters. The molecule has 0 aliphatic carbocycles. The zero-order chi connectivity index (χ0) is 16.2. The number of benzene rings is 3. The number of nitrogens with one attached hydrogen (secondary N) is 1. The van der Waals surface area contributed by atoms with E-state index in [2.05, 4.69) is 5.32 Å². The monoisotopic (exact) mass is 325 g/mol. The average Bonchev–Trinajstić information content (AvgIpc) is 2.57. The van der Waals surface area contributed by atoms with Gasteiger partial charge in [0, 0.05) is 21.8 Å². The molecule has 3 aromatic rings. The van der Waals surface area contributed by atoms with E-state index in [4.69, 9.17) is 11.6 Å². The molecule has 3 rings (SSSR count). The van der Waals surface area contributed by atoms with Crippen molar-refractivity contribution in [2.24, 2.45) is 0 Å². The third kappa shape index (κ3) is 3.58. The van der Waals surface area contributed by atoms with Crippen LogP contribution in [0.5, 0.6) is 0 Å². The Labute approximate surface area is 138 Å². The van der Waals surface area contributed by atoms with Gasteiger partial charge < -0.3 is 5.32 Å². The van der Waals surface area contributed by atoms with Gasteiger partial charge >= 0.3 is 0 Å². The summed E-state index contributed by atoms with van der Waals surface area (Å²) in [5.74, 6) is -0.603. The fourth-order valence-corrected chi connectivity index (χ4v) is 2.50. The molecule has 0 fully saturated rings. The van der Waals surface area contributed by atoms with Crippen LogP contribution in [0.1, 0.15) is 10.4 Å². The summed E-state index contributed by atoms with van der Waals surface area (Å²) >= 11 is 6.20. The Balaban J connectivity index is 1.86. The van der Waals surface area contributed by atoms with E-state index in [-0.39, 0.29) is 11.7 Å². The van der Waals surface area contributed by atoms with Crippen LogP contribution in [0.4, 0.5) is 10.1 Å². The Morgan fingerprint density at radius 3 is 2.39 bits per heavy atom. The highest BCUT2D eigenvalue weighted by atomic mass is 35.5. The van der Waals surface area contributed by atoms with E-state index in [0.717, 1.165) is 11.1 Å². The van der Waals surface area contributed by atoms with Gasteiger partial charge in [-0.1, -0.05) is 41.9 Å². The lowest BCUT2D eigenvalue weighted by Crippen LogP contribution is -2.11. The molecule has 0 bridgehead atoms. The van der Waals surface area contributed by atoms with E-state index in [1.54, 1.807) is 18.2 Å². The zero-order valence-corrected chi connectivity index (χ0v) is 12.8. The highest BCUT2D eigenvalue weighted by molar-refractivity contribution is 6.33. The van der Waals surface area contributed by atoms with Crippen LogP contribution in [-0.2, 0) is 0 Å². The summed E-state index contributed by atoms with van der Waals surface area (Å²) in [5, 5.41) is 3.37. The largest absolute Gasteiger partial charge is 0.322 e. The molecule has 0 aliphatic heterocycles. The lowest BCUT2D eigenvalue weighted by atomic mass is 10.0. The van der Waals surface area contributed by atoms with Crippen LogP contribution in [0.25, 0.3) is 11.1 Å². The first-order valence-electron chi connectivity index (χ1n) is 7.05. The molecule has 0 saturated heterocycles. The predicted molar refractivity (Wildman–Crippen MR) is 91.2 cm³/mol. The number of anilines is 1. The van der Waals surface area contributed by atoms with Gasteiger partial charge in [0.15, 0.2) is 0 Å². The first kappa shape index (κ1) is 15.3. The van der Waals surface area contributed by atoms with Crippen molar-refractivity contribution in [1.82, 2.24) is 0 Å². The second-order valence-corrected chi connectivity index (χ2v) is 5.43. The number of rotatable bonds is 3. The normalized spacial score (nSPS) is 10.3. The fraction of sp³-hybridized carbons (Fsp3) is 0. The molecule has 2 nitrogen and oxygen atoms in total. The second kappa shape index (κ2) is 6.63. The molecular weight excluding hydrogens is 313 g/mol. The Bertz CT molecular complexity index is 846. The lowest BCUT2D eigenvalue weighted by molar-refractivity contribution is 0.102. The van der Waals surface area contributed by atoms with E-state index in [1.165, 1.54) is 24.3 Å². The van der Waals surface area contributed by atoms with Gasteiger partial charge in [-0.2, -0.15) is 0 Å². The minimum atomic E-state index is -0.344. The van der Waals surface area contributed by atoms with Crippen LogP contribution in [0.2, 0.25) is 5.02 Å². The van der Waals surface area contributed by atoms with Crippen LogP contribution in [0.3, 0.4) is 0 Å². The minimum Gasteiger partial charge on any atom is -0.322 e. The number of amides is 1. The maximum Gasteiger partial charge on any atom is 0.255 e. The van der Waals surface area contributed by atoms with Crippen molar-refractivity contribution in [3.05, 3.63) is 89.2 Å². The molecule has 0 heterocycles. The lowest BCUT2D eigenvalue weighted by Gasteiger charge is -2.08. The summed E-state index contributed by atoms with van der Waals surface area (Å²) in [5.41, 5.74) is 2.78. The highest BCUT2D eigenvalue weighted by Crippen LogP contribution is 2.28. The van der Waals surface area contributed by atoms with Crippen LogP contribution >= 0.6 is 11.6 Å². The molecular formula is C19H13ClFNO. The van der Waals surface area contributed by atoms with E-state index in [1.807, 2.05) is 30.3 Å². The van der Waals surface area contributed by atoms with Crippen LogP contribution in [0.15, 0.2) is 72.8 Å². The molecule has 0 spiro atoms. The van der Waals surface area contributed by atoms with E-state index in [9.17, 15) is 9.18 Å². The molecule has 114 valence electrons. The van der Waals surface area contributed by atoms with Crippen molar-refractivity contribution in [2.45, 2.75) is 0 Å². The maximum absolute atomic E-state index is 12.9. The molecule has 23 heavy (non-hydrogen) atoms. The highest BCUT2D eigenvalue weighted by Gasteiger charge is 2.09. The molecule has 3 aromatic carbocycles. The molecule has 4 heteroatoms. The van der Waals surface area contributed by atoms with E-state index >= 15 is 0 Å². The number of hydrogen-bond acceptors (Lipinski definition) is 1. The molecule has 0 saturated carbocycles. The topological polar surface area (TPSA) is 29.1 Å². The average molecular weight is 326 g/mol. The van der Waals surface area contributed by atoms with Crippen molar-refractivity contribution in [3.63, 3.8) is 0 Å². The van der Waals surface area contributed by atoms with Gasteiger partial charge in [-0.25, -0.2) is 4.39 Å². The van der Waals surface area contributed by atoms with Crippen molar-refractivity contribution in [3.8, 4) is 11.1 Å². The van der Waals surface area contributed by atoms with Crippen molar-refractivity contribution in [2.75, 3.05) is 5.32 Å². The van der Waals surface area contributed by atoms with Gasteiger partial charge in [0.2, 0.25) is 0 Å². The number of carbonyl (C=O) groups is 1. The van der Waals surface area contributed by atoms with Gasteiger partial charge in [-0.15, -0.1) is 0 Å². The van der Waals surface area contributed by atoms with Crippen LogP contribution in [-0.4, -0.2) is 5.91 Å². The summed E-state index contributed by atoms with van der Waals surface area (Å²) in [4.78, 5) is 12.3. The quantitative estimate of drug-likeness (QED) is 0.686. The van der Waals surface area contributed by atoms with Gasteiger partial charge in [-0.3, -0.25) is 4.79 Å². The first-order valence-corrected chi connectivity index (χ1v) is 7.43. The summed E-state index contributed by atoms with van der Waals surface area (Å²) in [6.07, 6.45) is 0. The minimum absolute atomic E-state index is 0.259. The van der Waals surface area contributed by atoms with Crippen molar-refractivity contribution in [1.29, 1.82) is 0 Å². The predicted octanol–water partition coefficient (Wildman–Crippen LogP) is 5.40. The summed E-state index contributed by atoms with van der Waals surface area (Å²) in [6.45, 7) is 0. The second-order valence-electron chi connectivity index (χ2n) is 5.02.